The number of aromatic nitrogens is 3. The number of aliphatic hydroxyl groups excluding tert-OH is 1. The minimum atomic E-state index is -1.67. The molecule has 11 N–H and O–H groups in total. The van der Waals surface area contributed by atoms with Gasteiger partial charge in [-0.1, -0.05) is 18.2 Å². The second kappa shape index (κ2) is 13.2. The summed E-state index contributed by atoms with van der Waals surface area (Å²) in [5.74, 6) is -5.06. The summed E-state index contributed by atoms with van der Waals surface area (Å²) in [4.78, 5) is 71.3. The molecule has 4 amide bonds. The van der Waals surface area contributed by atoms with Crippen LogP contribution in [0, 0.1) is 0 Å². The average Bonchev–Trinajstić information content (AvgIpc) is 3.56. The lowest BCUT2D eigenvalue weighted by Gasteiger charge is -2.24. The van der Waals surface area contributed by atoms with Crippen molar-refractivity contribution in [2.24, 2.45) is 11.5 Å². The smallest absolute Gasteiger partial charge is 0.328 e. The van der Waals surface area contributed by atoms with Crippen LogP contribution in [-0.2, 0) is 36.8 Å². The largest absolute Gasteiger partial charge is 0.480 e. The van der Waals surface area contributed by atoms with Gasteiger partial charge in [-0.25, -0.2) is 9.78 Å². The Balaban J connectivity index is 1.74. The van der Waals surface area contributed by atoms with E-state index in [1.54, 1.807) is 6.20 Å². The van der Waals surface area contributed by atoms with Gasteiger partial charge in [-0.2, -0.15) is 0 Å². The molecule has 0 saturated carbocycles. The summed E-state index contributed by atoms with van der Waals surface area (Å²) in [6.07, 6.45) is 3.98. The zero-order chi connectivity index (χ0) is 28.5. The minimum absolute atomic E-state index is 0.0727. The number of nitrogens with zero attached hydrogens (tertiary/aromatic N) is 1. The summed E-state index contributed by atoms with van der Waals surface area (Å²) in [6, 6.07) is 1.94. The number of aromatic amines is 2. The van der Waals surface area contributed by atoms with Crippen LogP contribution in [-0.4, -0.2) is 85.5 Å². The highest BCUT2D eigenvalue weighted by Gasteiger charge is 2.31. The summed E-state index contributed by atoms with van der Waals surface area (Å²) in [7, 11) is 0. The monoisotopic (exact) mass is 542 g/mol. The van der Waals surface area contributed by atoms with Crippen LogP contribution < -0.4 is 27.4 Å². The van der Waals surface area contributed by atoms with Crippen molar-refractivity contribution >= 4 is 40.5 Å². The lowest BCUT2D eigenvalue weighted by Crippen LogP contribution is -2.58. The fourth-order valence-electron chi connectivity index (χ4n) is 3.87. The molecule has 3 rings (SSSR count). The maximum Gasteiger partial charge on any atom is 0.328 e. The van der Waals surface area contributed by atoms with Gasteiger partial charge >= 0.3 is 5.97 Å². The number of aliphatic carboxylic acids is 1. The number of carboxylic acids is 1. The number of carbonyl (C=O) groups excluding carboxylic acids is 4. The number of para-hydroxylation sites is 1. The molecule has 0 bridgehead atoms. The van der Waals surface area contributed by atoms with Crippen molar-refractivity contribution in [2.45, 2.75) is 43.4 Å². The first-order valence-electron chi connectivity index (χ1n) is 11.9. The highest BCUT2D eigenvalue weighted by atomic mass is 16.4. The first-order chi connectivity index (χ1) is 18.6. The minimum Gasteiger partial charge on any atom is -0.480 e. The fourth-order valence-corrected chi connectivity index (χ4v) is 3.87. The molecule has 208 valence electrons. The maximum absolute atomic E-state index is 13.2. The Morgan fingerprint density at radius 3 is 2.23 bits per heavy atom. The van der Waals surface area contributed by atoms with E-state index in [1.807, 2.05) is 29.6 Å². The molecule has 1 aromatic carbocycles. The number of primary amides is 1. The number of hydrogen-bond donors (Lipinski definition) is 9. The van der Waals surface area contributed by atoms with Crippen LogP contribution in [0.3, 0.4) is 0 Å². The third kappa shape index (κ3) is 7.86. The molecule has 0 saturated heterocycles. The summed E-state index contributed by atoms with van der Waals surface area (Å²) in [5, 5.41) is 26.1. The predicted molar refractivity (Wildman–Crippen MR) is 137 cm³/mol. The molecule has 0 aliphatic carbocycles. The number of carbonyl (C=O) groups is 5. The molecule has 39 heavy (non-hydrogen) atoms. The van der Waals surface area contributed by atoms with Crippen LogP contribution in [0.25, 0.3) is 10.9 Å². The zero-order valence-corrected chi connectivity index (χ0v) is 20.7. The van der Waals surface area contributed by atoms with E-state index in [4.69, 9.17) is 16.6 Å². The molecule has 0 fully saturated rings. The highest BCUT2D eigenvalue weighted by molar-refractivity contribution is 5.96. The van der Waals surface area contributed by atoms with Gasteiger partial charge in [0.2, 0.25) is 23.6 Å². The van der Waals surface area contributed by atoms with Crippen LogP contribution >= 0.6 is 0 Å². The molecule has 0 aliphatic rings. The normalized spacial score (nSPS) is 14.1. The van der Waals surface area contributed by atoms with Crippen molar-refractivity contribution in [1.29, 1.82) is 0 Å². The van der Waals surface area contributed by atoms with Crippen LogP contribution in [0.2, 0.25) is 0 Å². The molecule has 4 unspecified atom stereocenters. The first kappa shape index (κ1) is 28.8. The van der Waals surface area contributed by atoms with Gasteiger partial charge in [0.1, 0.15) is 18.1 Å². The van der Waals surface area contributed by atoms with E-state index in [1.165, 1.54) is 12.5 Å². The second-order valence-corrected chi connectivity index (χ2v) is 8.83. The van der Waals surface area contributed by atoms with Gasteiger partial charge in [-0.3, -0.25) is 19.2 Å². The van der Waals surface area contributed by atoms with E-state index in [0.29, 0.717) is 5.69 Å². The summed E-state index contributed by atoms with van der Waals surface area (Å²) < 4.78 is 0. The molecule has 3 aromatic rings. The Morgan fingerprint density at radius 1 is 0.923 bits per heavy atom. The van der Waals surface area contributed by atoms with E-state index in [9.17, 15) is 29.1 Å². The van der Waals surface area contributed by atoms with Crippen molar-refractivity contribution in [3.05, 3.63) is 54.2 Å². The van der Waals surface area contributed by atoms with E-state index < -0.39 is 66.8 Å². The van der Waals surface area contributed by atoms with Crippen LogP contribution in [0.15, 0.2) is 43.0 Å². The summed E-state index contributed by atoms with van der Waals surface area (Å²) in [6.45, 7) is -0.925. The summed E-state index contributed by atoms with van der Waals surface area (Å²) in [5.41, 5.74) is 13.5. The van der Waals surface area contributed by atoms with Gasteiger partial charge in [0.15, 0.2) is 0 Å². The zero-order valence-electron chi connectivity index (χ0n) is 20.7. The van der Waals surface area contributed by atoms with Gasteiger partial charge in [0.25, 0.3) is 0 Å². The van der Waals surface area contributed by atoms with Crippen molar-refractivity contribution in [3.8, 4) is 0 Å². The van der Waals surface area contributed by atoms with Crippen molar-refractivity contribution in [3.63, 3.8) is 0 Å². The van der Waals surface area contributed by atoms with Gasteiger partial charge in [0, 0.05) is 35.4 Å². The SMILES string of the molecule is NC(=O)CC(NC(=O)C(Cc1cnc[nH]1)NC(=O)C(N)Cc1c[nH]c2ccccc12)C(=O)NC(CO)C(=O)O. The maximum atomic E-state index is 13.2. The van der Waals surface area contributed by atoms with Gasteiger partial charge in [-0.05, 0) is 18.1 Å². The molecule has 15 heteroatoms. The highest BCUT2D eigenvalue weighted by Crippen LogP contribution is 2.18. The third-order valence-corrected chi connectivity index (χ3v) is 5.90. The number of aliphatic hydroxyl groups is 1. The Bertz CT molecular complexity index is 1320. The predicted octanol–water partition coefficient (Wildman–Crippen LogP) is -2.59. The summed E-state index contributed by atoms with van der Waals surface area (Å²) >= 11 is 0. The number of H-pyrrole nitrogens is 2. The Kier molecular flexibility index (Phi) is 9.72. The quantitative estimate of drug-likeness (QED) is 0.103. The van der Waals surface area contributed by atoms with Crippen LogP contribution in [0.4, 0.5) is 0 Å². The van der Waals surface area contributed by atoms with Crippen LogP contribution in [0.5, 0.6) is 0 Å². The number of hydrogen-bond acceptors (Lipinski definition) is 8. The molecular weight excluding hydrogens is 512 g/mol. The van der Waals surface area contributed by atoms with E-state index >= 15 is 0 Å². The molecule has 15 nitrogen and oxygen atoms in total. The molecule has 2 heterocycles. The Hall–Kier alpha value is -4.76. The molecule has 4 atom stereocenters. The van der Waals surface area contributed by atoms with Gasteiger partial charge < -0.3 is 47.6 Å². The Morgan fingerprint density at radius 2 is 1.59 bits per heavy atom. The number of amides is 4. The topological polar surface area (TPSA) is 258 Å². The van der Waals surface area contributed by atoms with E-state index in [0.717, 1.165) is 16.5 Å². The Labute approximate surface area is 221 Å². The number of rotatable bonds is 14. The van der Waals surface area contributed by atoms with Gasteiger partial charge in [0.05, 0.1) is 25.4 Å². The molecule has 2 aromatic heterocycles. The number of benzene rings is 1. The number of imidazole rings is 1. The van der Waals surface area contributed by atoms with Gasteiger partial charge in [-0.15, -0.1) is 0 Å². The average molecular weight is 543 g/mol. The number of nitrogens with one attached hydrogen (secondary N) is 5. The van der Waals surface area contributed by atoms with E-state index in [-0.39, 0.29) is 12.8 Å². The second-order valence-electron chi connectivity index (χ2n) is 8.83. The molecule has 0 aliphatic heterocycles. The van der Waals surface area contributed by atoms with Crippen molar-refractivity contribution < 1.29 is 34.2 Å². The van der Waals surface area contributed by atoms with Crippen molar-refractivity contribution in [1.82, 2.24) is 30.9 Å². The van der Waals surface area contributed by atoms with E-state index in [2.05, 4.69) is 25.6 Å². The molecular formula is C24H30N8O7. The molecule has 0 spiro atoms. The third-order valence-electron chi connectivity index (χ3n) is 5.90. The number of carboxylic acid groups (broad SMARTS) is 1. The molecule has 0 radical (unpaired) electrons. The lowest BCUT2D eigenvalue weighted by atomic mass is 10.0. The number of fused-ring (bicyclic) bond motifs is 1. The standard InChI is InChI=1S/C24H30N8O7/c25-15(5-12-8-28-16-4-2-1-3-14(12)16)21(35)30-17(6-13-9-27-11-29-13)22(36)31-18(7-20(26)34)23(37)32-19(10-33)24(38)39/h1-4,8-9,11,15,17-19,28,33H,5-7,10,25H2,(H2,26,34)(H,27,29)(H,30,35)(H,31,36)(H,32,37)(H,38,39). The fraction of sp³-hybridized carbons (Fsp3) is 0.333. The lowest BCUT2D eigenvalue weighted by molar-refractivity contribution is -0.143. The van der Waals surface area contributed by atoms with Crippen molar-refractivity contribution in [2.75, 3.05) is 6.61 Å². The number of nitrogens with two attached hydrogens (primary N) is 2. The van der Waals surface area contributed by atoms with Crippen LogP contribution in [0.1, 0.15) is 17.7 Å². The first-order valence-corrected chi connectivity index (χ1v) is 11.9.